The molecule has 0 spiro atoms. The van der Waals surface area contributed by atoms with Crippen molar-refractivity contribution < 1.29 is 9.59 Å². The number of ketones is 1. The molecule has 1 aromatic carbocycles. The van der Waals surface area contributed by atoms with Gasteiger partial charge in [0, 0.05) is 30.4 Å². The van der Waals surface area contributed by atoms with E-state index in [0.29, 0.717) is 37.1 Å². The lowest BCUT2D eigenvalue weighted by atomic mass is 9.75. The maximum atomic E-state index is 12.5. The number of amides is 1. The molecule has 2 heterocycles. The molecule has 4 rings (SSSR count). The van der Waals surface area contributed by atoms with E-state index in [9.17, 15) is 14.4 Å². The maximum absolute atomic E-state index is 12.5. The summed E-state index contributed by atoms with van der Waals surface area (Å²) in [5.41, 5.74) is 2.31. The number of pyridine rings is 1. The zero-order valence-electron chi connectivity index (χ0n) is 17.1. The molecule has 2 aromatic heterocycles. The molecule has 0 bridgehead atoms. The number of hydrogen-bond donors (Lipinski definition) is 2. The average molecular weight is 404 g/mol. The minimum atomic E-state index is -0.480. The first-order chi connectivity index (χ1) is 14.3. The summed E-state index contributed by atoms with van der Waals surface area (Å²) < 4.78 is 1.78. The molecular formula is C23H24N4O3. The number of para-hydroxylation sites is 1. The average Bonchev–Trinajstić information content (AvgIpc) is 3.16. The van der Waals surface area contributed by atoms with Crippen molar-refractivity contribution in [3.05, 3.63) is 81.5 Å². The number of rotatable bonds is 5. The number of aromatic nitrogens is 3. The Hall–Kier alpha value is -3.48. The minimum Gasteiger partial charge on any atom is -0.352 e. The van der Waals surface area contributed by atoms with Gasteiger partial charge in [0.2, 0.25) is 0 Å². The minimum absolute atomic E-state index is 0.0261. The van der Waals surface area contributed by atoms with Gasteiger partial charge in [-0.1, -0.05) is 32.0 Å². The van der Waals surface area contributed by atoms with Crippen LogP contribution in [0.4, 0.5) is 0 Å². The molecular weight excluding hydrogens is 380 g/mol. The number of benzene rings is 1. The second-order valence-corrected chi connectivity index (χ2v) is 8.48. The van der Waals surface area contributed by atoms with Crippen LogP contribution < -0.4 is 10.9 Å². The lowest BCUT2D eigenvalue weighted by Crippen LogP contribution is -2.35. The van der Waals surface area contributed by atoms with Crippen molar-refractivity contribution in [1.82, 2.24) is 20.1 Å². The first kappa shape index (κ1) is 19.8. The van der Waals surface area contributed by atoms with Crippen LogP contribution in [0.1, 0.15) is 52.2 Å². The SMILES string of the molecule is CC1(C)CC(=O)c2cc(C(=O)NCCc3cnn(-c4ccccc4)c3)c(=O)[nH]c2C1. The predicted molar refractivity (Wildman–Crippen MR) is 113 cm³/mol. The molecule has 7 nitrogen and oxygen atoms in total. The van der Waals surface area contributed by atoms with E-state index in [1.165, 1.54) is 6.07 Å². The maximum Gasteiger partial charge on any atom is 0.261 e. The molecule has 0 fully saturated rings. The molecule has 0 atom stereocenters. The third-order valence-electron chi connectivity index (χ3n) is 5.32. The van der Waals surface area contributed by atoms with Crippen molar-refractivity contribution in [1.29, 1.82) is 0 Å². The van der Waals surface area contributed by atoms with E-state index in [1.54, 1.807) is 10.9 Å². The van der Waals surface area contributed by atoms with Crippen LogP contribution in [0.5, 0.6) is 0 Å². The quantitative estimate of drug-likeness (QED) is 0.683. The summed E-state index contributed by atoms with van der Waals surface area (Å²) in [4.78, 5) is 40.1. The fourth-order valence-corrected chi connectivity index (χ4v) is 3.82. The third kappa shape index (κ3) is 4.10. The van der Waals surface area contributed by atoms with E-state index in [0.717, 1.165) is 11.3 Å². The largest absolute Gasteiger partial charge is 0.352 e. The zero-order chi connectivity index (χ0) is 21.3. The van der Waals surface area contributed by atoms with Gasteiger partial charge in [-0.2, -0.15) is 5.10 Å². The second-order valence-electron chi connectivity index (χ2n) is 8.48. The number of H-pyrrole nitrogens is 1. The van der Waals surface area contributed by atoms with Crippen LogP contribution in [0.3, 0.4) is 0 Å². The van der Waals surface area contributed by atoms with Crippen LogP contribution in [0.2, 0.25) is 0 Å². The van der Waals surface area contributed by atoms with Gasteiger partial charge in [-0.15, -0.1) is 0 Å². The highest BCUT2D eigenvalue weighted by atomic mass is 16.2. The van der Waals surface area contributed by atoms with Crippen molar-refractivity contribution in [2.75, 3.05) is 6.54 Å². The van der Waals surface area contributed by atoms with Gasteiger partial charge in [0.25, 0.3) is 11.5 Å². The van der Waals surface area contributed by atoms with Gasteiger partial charge in [0.15, 0.2) is 5.78 Å². The fraction of sp³-hybridized carbons (Fsp3) is 0.304. The topological polar surface area (TPSA) is 96.8 Å². The Morgan fingerprint density at radius 3 is 2.73 bits per heavy atom. The second kappa shape index (κ2) is 7.74. The van der Waals surface area contributed by atoms with E-state index in [4.69, 9.17) is 0 Å². The monoisotopic (exact) mass is 404 g/mol. The number of nitrogens with one attached hydrogen (secondary N) is 2. The molecule has 0 saturated heterocycles. The van der Waals surface area contributed by atoms with Crippen molar-refractivity contribution >= 4 is 11.7 Å². The Balaban J connectivity index is 1.42. The number of carbonyl (C=O) groups excluding carboxylic acids is 2. The van der Waals surface area contributed by atoms with Crippen LogP contribution in [-0.4, -0.2) is 33.0 Å². The summed E-state index contributed by atoms with van der Waals surface area (Å²) in [5.74, 6) is -0.521. The summed E-state index contributed by atoms with van der Waals surface area (Å²) in [6.45, 7) is 4.34. The molecule has 0 unspecified atom stereocenters. The lowest BCUT2D eigenvalue weighted by molar-refractivity contribution is 0.0910. The van der Waals surface area contributed by atoms with Crippen molar-refractivity contribution in [2.24, 2.45) is 5.41 Å². The van der Waals surface area contributed by atoms with Gasteiger partial charge in [-0.25, -0.2) is 4.68 Å². The molecule has 1 aliphatic rings. The highest BCUT2D eigenvalue weighted by Gasteiger charge is 2.32. The smallest absolute Gasteiger partial charge is 0.261 e. The van der Waals surface area contributed by atoms with Gasteiger partial charge in [0.1, 0.15) is 5.56 Å². The van der Waals surface area contributed by atoms with Gasteiger partial charge >= 0.3 is 0 Å². The van der Waals surface area contributed by atoms with Crippen LogP contribution in [-0.2, 0) is 12.8 Å². The number of Topliss-reactive ketones (excluding diaryl/α,β-unsaturated/α-hetero) is 1. The van der Waals surface area contributed by atoms with Crippen LogP contribution in [0.15, 0.2) is 53.6 Å². The molecule has 0 aliphatic heterocycles. The van der Waals surface area contributed by atoms with Crippen molar-refractivity contribution in [2.45, 2.75) is 33.1 Å². The number of carbonyl (C=O) groups is 2. The third-order valence-corrected chi connectivity index (χ3v) is 5.32. The fourth-order valence-electron chi connectivity index (χ4n) is 3.82. The normalized spacial score (nSPS) is 14.9. The molecule has 0 saturated carbocycles. The van der Waals surface area contributed by atoms with E-state index >= 15 is 0 Å². The van der Waals surface area contributed by atoms with E-state index in [-0.39, 0.29) is 16.8 Å². The number of hydrogen-bond acceptors (Lipinski definition) is 4. The Morgan fingerprint density at radius 1 is 1.20 bits per heavy atom. The Morgan fingerprint density at radius 2 is 1.97 bits per heavy atom. The highest BCUT2D eigenvalue weighted by Crippen LogP contribution is 2.33. The Kier molecular flexibility index (Phi) is 5.11. The molecule has 1 amide bonds. The lowest BCUT2D eigenvalue weighted by Gasteiger charge is -2.29. The Bertz CT molecular complexity index is 1160. The van der Waals surface area contributed by atoms with Crippen LogP contribution in [0, 0.1) is 5.41 Å². The number of aromatic amines is 1. The van der Waals surface area contributed by atoms with Gasteiger partial charge in [-0.05, 0) is 42.0 Å². The zero-order valence-corrected chi connectivity index (χ0v) is 17.1. The van der Waals surface area contributed by atoms with Crippen LogP contribution >= 0.6 is 0 Å². The van der Waals surface area contributed by atoms with Gasteiger partial charge in [-0.3, -0.25) is 14.4 Å². The molecule has 7 heteroatoms. The molecule has 0 radical (unpaired) electrons. The standard InChI is InChI=1S/C23H24N4O3/c1-23(2)11-19-17(20(28)12-23)10-18(22(30)26-19)21(29)24-9-8-15-13-25-27(14-15)16-6-4-3-5-7-16/h3-7,10,13-14H,8-9,11-12H2,1-2H3,(H,24,29)(H,26,30). The summed E-state index contributed by atoms with van der Waals surface area (Å²) in [5, 5.41) is 7.10. The first-order valence-corrected chi connectivity index (χ1v) is 9.99. The van der Waals surface area contributed by atoms with Gasteiger partial charge < -0.3 is 10.3 Å². The van der Waals surface area contributed by atoms with Crippen molar-refractivity contribution in [3.8, 4) is 5.69 Å². The first-order valence-electron chi connectivity index (χ1n) is 9.99. The summed E-state index contributed by atoms with van der Waals surface area (Å²) >= 11 is 0. The molecule has 3 aromatic rings. The van der Waals surface area contributed by atoms with Gasteiger partial charge in [0.05, 0.1) is 11.9 Å². The number of fused-ring (bicyclic) bond motifs is 1. The van der Waals surface area contributed by atoms with E-state index < -0.39 is 11.5 Å². The van der Waals surface area contributed by atoms with Crippen molar-refractivity contribution in [3.63, 3.8) is 0 Å². The Labute approximate surface area is 174 Å². The summed E-state index contributed by atoms with van der Waals surface area (Å²) in [7, 11) is 0. The molecule has 2 N–H and O–H groups in total. The molecule has 154 valence electrons. The number of nitrogens with zero attached hydrogens (tertiary/aromatic N) is 2. The van der Waals surface area contributed by atoms with Crippen LogP contribution in [0.25, 0.3) is 5.69 Å². The molecule has 1 aliphatic carbocycles. The van der Waals surface area contributed by atoms with E-state index in [2.05, 4.69) is 15.4 Å². The predicted octanol–water partition coefficient (Wildman–Crippen LogP) is 2.69. The van der Waals surface area contributed by atoms with E-state index in [1.807, 2.05) is 50.4 Å². The summed E-state index contributed by atoms with van der Waals surface area (Å²) in [6, 6.07) is 11.2. The summed E-state index contributed by atoms with van der Waals surface area (Å²) in [6.07, 6.45) is 5.25. The molecule has 30 heavy (non-hydrogen) atoms. The highest BCUT2D eigenvalue weighted by molar-refractivity contribution is 6.02.